The van der Waals surface area contributed by atoms with Gasteiger partial charge in [0.1, 0.15) is 0 Å². The van der Waals surface area contributed by atoms with Gasteiger partial charge in [0, 0.05) is 28.1 Å². The van der Waals surface area contributed by atoms with E-state index in [-0.39, 0.29) is 5.41 Å². The van der Waals surface area contributed by atoms with Crippen LogP contribution in [0.1, 0.15) is 65.3 Å². The standard InChI is InChI=1S/C51H39N/c1-51(2)47-20-9-7-18-42(47)45-31-36(24-26-48(45)51)52-49-21-10-8-19-43(49)46-30-35(23-27-50(46)52)33-13-11-12-32(28-33)34-22-25-41-39-16-4-3-14-37(39)38-15-5-6-17-40(38)44(41)29-34/h3-4,6-14,16-29,31,35H,5,15,30H2,1-2H3. The predicted octanol–water partition coefficient (Wildman–Crippen LogP) is 13.2. The van der Waals surface area contributed by atoms with Crippen LogP contribution in [0.25, 0.3) is 72.5 Å². The Kier molecular flexibility index (Phi) is 6.32. The topological polar surface area (TPSA) is 4.93 Å². The molecule has 3 aliphatic rings. The lowest BCUT2D eigenvalue weighted by Gasteiger charge is -2.22. The Morgan fingerprint density at radius 3 is 2.27 bits per heavy atom. The van der Waals surface area contributed by atoms with Crippen LogP contribution in [0.5, 0.6) is 0 Å². The SMILES string of the molecule is CC1(C)c2ccccc2-c2cc(-n3c4c(c5ccccc53)CC(c3cccc(-c5ccc6c(c5)c5c(c7ccccc76)CCC=C5)c3)C=C4)ccc21. The van der Waals surface area contributed by atoms with Crippen LogP contribution in [-0.4, -0.2) is 4.57 Å². The average Bonchev–Trinajstić information content (AvgIpc) is 3.65. The molecule has 7 aromatic carbocycles. The van der Waals surface area contributed by atoms with Crippen LogP contribution in [-0.2, 0) is 18.3 Å². The summed E-state index contributed by atoms with van der Waals surface area (Å²) in [5.74, 6) is 0.305. The number of aryl methyl sites for hydroxylation is 1. The molecule has 0 spiro atoms. The van der Waals surface area contributed by atoms with E-state index in [2.05, 4.69) is 176 Å². The van der Waals surface area contributed by atoms with Crippen LogP contribution in [0.4, 0.5) is 0 Å². The number of hydrogen-bond donors (Lipinski definition) is 0. The highest BCUT2D eigenvalue weighted by Crippen LogP contribution is 2.50. The number of hydrogen-bond acceptors (Lipinski definition) is 0. The first-order valence-electron chi connectivity index (χ1n) is 18.8. The van der Waals surface area contributed by atoms with Gasteiger partial charge in [-0.25, -0.2) is 0 Å². The molecule has 0 N–H and O–H groups in total. The second-order valence-corrected chi connectivity index (χ2v) is 15.6. The number of nitrogens with zero attached hydrogens (tertiary/aromatic N) is 1. The van der Waals surface area contributed by atoms with E-state index < -0.39 is 0 Å². The molecule has 0 saturated carbocycles. The molecule has 1 unspecified atom stereocenters. The zero-order valence-electron chi connectivity index (χ0n) is 29.7. The van der Waals surface area contributed by atoms with Gasteiger partial charge in [0.25, 0.3) is 0 Å². The molecule has 8 aromatic rings. The van der Waals surface area contributed by atoms with Gasteiger partial charge in [-0.1, -0.05) is 141 Å². The molecule has 248 valence electrons. The minimum Gasteiger partial charge on any atom is -0.310 e. The fourth-order valence-electron chi connectivity index (χ4n) is 9.87. The minimum atomic E-state index is 0.00196. The van der Waals surface area contributed by atoms with Gasteiger partial charge in [0.2, 0.25) is 0 Å². The quantitative estimate of drug-likeness (QED) is 0.166. The van der Waals surface area contributed by atoms with Gasteiger partial charge in [-0.05, 0) is 127 Å². The highest BCUT2D eigenvalue weighted by molar-refractivity contribution is 6.14. The van der Waals surface area contributed by atoms with Gasteiger partial charge < -0.3 is 4.57 Å². The Hall–Kier alpha value is -5.92. The highest BCUT2D eigenvalue weighted by Gasteiger charge is 2.35. The molecule has 1 atom stereocenters. The first-order chi connectivity index (χ1) is 25.5. The van der Waals surface area contributed by atoms with Crippen LogP contribution >= 0.6 is 0 Å². The van der Waals surface area contributed by atoms with Crippen LogP contribution in [0.15, 0.2) is 146 Å². The lowest BCUT2D eigenvalue weighted by atomic mass is 9.82. The molecule has 1 heterocycles. The van der Waals surface area contributed by atoms with E-state index in [0.29, 0.717) is 5.92 Å². The van der Waals surface area contributed by atoms with Gasteiger partial charge in [-0.15, -0.1) is 0 Å². The van der Waals surface area contributed by atoms with Crippen LogP contribution in [0, 0.1) is 0 Å². The van der Waals surface area contributed by atoms with Crippen molar-refractivity contribution in [2.24, 2.45) is 0 Å². The maximum atomic E-state index is 2.50. The Morgan fingerprint density at radius 2 is 1.35 bits per heavy atom. The molecule has 1 aromatic heterocycles. The van der Waals surface area contributed by atoms with Gasteiger partial charge in [0.05, 0.1) is 5.52 Å². The number of aromatic nitrogens is 1. The van der Waals surface area contributed by atoms with Crippen molar-refractivity contribution in [2.75, 3.05) is 0 Å². The minimum absolute atomic E-state index is 0.00196. The summed E-state index contributed by atoms with van der Waals surface area (Å²) in [6.45, 7) is 4.71. The molecule has 0 amide bonds. The highest BCUT2D eigenvalue weighted by atomic mass is 15.0. The maximum absolute atomic E-state index is 2.50. The molecule has 0 radical (unpaired) electrons. The van der Waals surface area contributed by atoms with E-state index in [1.807, 2.05) is 0 Å². The van der Waals surface area contributed by atoms with Crippen molar-refractivity contribution in [3.63, 3.8) is 0 Å². The van der Waals surface area contributed by atoms with Gasteiger partial charge in [-0.3, -0.25) is 0 Å². The van der Waals surface area contributed by atoms with E-state index in [4.69, 9.17) is 0 Å². The van der Waals surface area contributed by atoms with Crippen molar-refractivity contribution in [1.82, 2.24) is 4.57 Å². The first-order valence-corrected chi connectivity index (χ1v) is 18.8. The van der Waals surface area contributed by atoms with Crippen molar-refractivity contribution in [2.45, 2.75) is 44.4 Å². The Morgan fingerprint density at radius 1 is 0.577 bits per heavy atom. The van der Waals surface area contributed by atoms with Crippen molar-refractivity contribution in [1.29, 1.82) is 0 Å². The molecule has 3 aliphatic carbocycles. The Labute approximate surface area is 305 Å². The second-order valence-electron chi connectivity index (χ2n) is 15.6. The predicted molar refractivity (Wildman–Crippen MR) is 221 cm³/mol. The molecular formula is C51H39N. The van der Waals surface area contributed by atoms with E-state index in [0.717, 1.165) is 19.3 Å². The third kappa shape index (κ3) is 4.23. The van der Waals surface area contributed by atoms with Crippen molar-refractivity contribution >= 4 is 44.6 Å². The summed E-state index contributed by atoms with van der Waals surface area (Å²) in [5, 5.41) is 6.82. The summed E-state index contributed by atoms with van der Waals surface area (Å²) in [5.41, 5.74) is 17.6. The number of para-hydroxylation sites is 1. The molecule has 0 saturated heterocycles. The molecule has 0 aliphatic heterocycles. The fourth-order valence-corrected chi connectivity index (χ4v) is 9.87. The van der Waals surface area contributed by atoms with Crippen LogP contribution in [0.2, 0.25) is 0 Å². The molecule has 0 fully saturated rings. The number of allylic oxidation sites excluding steroid dienone is 2. The zero-order valence-corrected chi connectivity index (χ0v) is 29.7. The van der Waals surface area contributed by atoms with Crippen LogP contribution in [0.3, 0.4) is 0 Å². The number of rotatable bonds is 3. The van der Waals surface area contributed by atoms with Crippen molar-refractivity contribution in [3.8, 4) is 27.9 Å². The van der Waals surface area contributed by atoms with E-state index >= 15 is 0 Å². The second kappa shape index (κ2) is 11.0. The van der Waals surface area contributed by atoms with Crippen molar-refractivity contribution < 1.29 is 0 Å². The van der Waals surface area contributed by atoms with E-state index in [1.54, 1.807) is 0 Å². The monoisotopic (exact) mass is 665 g/mol. The maximum Gasteiger partial charge on any atom is 0.0537 e. The molecular weight excluding hydrogens is 627 g/mol. The van der Waals surface area contributed by atoms with Gasteiger partial charge in [-0.2, -0.15) is 0 Å². The number of benzene rings is 7. The number of fused-ring (bicyclic) bond motifs is 12. The Bertz CT molecular complexity index is 2850. The first kappa shape index (κ1) is 29.8. The summed E-state index contributed by atoms with van der Waals surface area (Å²) in [6, 6.07) is 50.4. The third-order valence-electron chi connectivity index (χ3n) is 12.4. The molecule has 11 rings (SSSR count). The summed E-state index contributed by atoms with van der Waals surface area (Å²) >= 11 is 0. The lowest BCUT2D eigenvalue weighted by molar-refractivity contribution is 0.660. The molecule has 1 nitrogen and oxygen atoms in total. The lowest BCUT2D eigenvalue weighted by Crippen LogP contribution is -2.14. The summed E-state index contributed by atoms with van der Waals surface area (Å²) in [6.07, 6.45) is 12.7. The fraction of sp³-hybridized carbons (Fsp3) is 0.137. The normalized spacial score (nSPS) is 16.6. The van der Waals surface area contributed by atoms with Crippen molar-refractivity contribution in [3.05, 3.63) is 185 Å². The largest absolute Gasteiger partial charge is 0.310 e. The van der Waals surface area contributed by atoms with Gasteiger partial charge in [0.15, 0.2) is 0 Å². The third-order valence-corrected chi connectivity index (χ3v) is 12.4. The van der Waals surface area contributed by atoms with E-state index in [1.165, 1.54) is 99.5 Å². The molecule has 1 heteroatoms. The summed E-state index contributed by atoms with van der Waals surface area (Å²) in [4.78, 5) is 0. The van der Waals surface area contributed by atoms with Crippen LogP contribution < -0.4 is 0 Å². The zero-order chi connectivity index (χ0) is 34.6. The van der Waals surface area contributed by atoms with Gasteiger partial charge >= 0.3 is 0 Å². The summed E-state index contributed by atoms with van der Waals surface area (Å²) < 4.78 is 2.50. The molecule has 52 heavy (non-hydrogen) atoms. The molecule has 0 bridgehead atoms. The smallest absolute Gasteiger partial charge is 0.0537 e. The average molecular weight is 666 g/mol. The summed E-state index contributed by atoms with van der Waals surface area (Å²) in [7, 11) is 0. The Balaban J connectivity index is 0.990. The van der Waals surface area contributed by atoms with E-state index in [9.17, 15) is 0 Å².